The number of hydrogen-bond acceptors (Lipinski definition) is 7. The summed E-state index contributed by atoms with van der Waals surface area (Å²) in [4.78, 5) is 52.3. The molecule has 0 aliphatic rings. The number of amides is 2. The maximum atomic E-state index is 13.4. The van der Waals surface area contributed by atoms with Gasteiger partial charge in [0.05, 0.1) is 0 Å². The molecule has 2 rings (SSSR count). The molecule has 4 atom stereocenters. The first-order valence-corrected chi connectivity index (χ1v) is 14.6. The van der Waals surface area contributed by atoms with Crippen LogP contribution in [0.2, 0.25) is 0 Å². The fraction of sp³-hybridized carbons (Fsp3) is 0.407. The highest BCUT2D eigenvalue weighted by molar-refractivity contribution is 7.53. The Labute approximate surface area is 238 Å². The van der Waals surface area contributed by atoms with Crippen molar-refractivity contribution < 1.29 is 38.2 Å². The Morgan fingerprint density at radius 1 is 0.976 bits per heavy atom. The summed E-state index contributed by atoms with van der Waals surface area (Å²) >= 11 is 0. The summed E-state index contributed by atoms with van der Waals surface area (Å²) in [5.74, 6) is -4.52. The molecule has 224 valence electrons. The molecule has 0 aliphatic heterocycles. The lowest BCUT2D eigenvalue weighted by Crippen LogP contribution is -2.52. The molecule has 0 heterocycles. The molecule has 41 heavy (non-hydrogen) atoms. The van der Waals surface area contributed by atoms with Crippen LogP contribution in [-0.4, -0.2) is 58.4 Å². The van der Waals surface area contributed by atoms with Crippen LogP contribution in [0.5, 0.6) is 0 Å². The third-order valence-corrected chi connectivity index (χ3v) is 7.83. The van der Waals surface area contributed by atoms with Gasteiger partial charge in [0.1, 0.15) is 18.4 Å². The zero-order valence-corrected chi connectivity index (χ0v) is 23.9. The van der Waals surface area contributed by atoms with Crippen molar-refractivity contribution in [2.45, 2.75) is 57.6 Å². The number of hydrogen-bond donors (Lipinski definition) is 6. The lowest BCUT2D eigenvalue weighted by molar-refractivity contribution is -0.145. The van der Waals surface area contributed by atoms with E-state index < -0.39 is 49.4 Å². The first kappa shape index (κ1) is 33.3. The fourth-order valence-electron chi connectivity index (χ4n) is 3.79. The van der Waals surface area contributed by atoms with Crippen LogP contribution in [0.4, 0.5) is 4.79 Å². The van der Waals surface area contributed by atoms with E-state index in [1.807, 2.05) is 6.07 Å². The topological polar surface area (TPSA) is 216 Å². The molecular weight excluding hydrogens is 553 g/mol. The van der Waals surface area contributed by atoms with E-state index in [1.165, 1.54) is 0 Å². The molecule has 2 aromatic carbocycles. The third kappa shape index (κ3) is 12.0. The maximum Gasteiger partial charge on any atom is 0.408 e. The van der Waals surface area contributed by atoms with Gasteiger partial charge in [-0.1, -0.05) is 74.5 Å². The van der Waals surface area contributed by atoms with Gasteiger partial charge >= 0.3 is 19.7 Å². The normalized spacial score (nSPS) is 14.6. The number of aliphatic imine (C=N–C) groups is 1. The number of carboxylic acid groups (broad SMARTS) is 1. The van der Waals surface area contributed by atoms with Crippen LogP contribution in [0.1, 0.15) is 37.8 Å². The number of aliphatic carboxylic acids is 1. The van der Waals surface area contributed by atoms with Crippen LogP contribution in [0.3, 0.4) is 0 Å². The molecule has 0 bridgehead atoms. The molecule has 0 aliphatic carbocycles. The molecule has 14 heteroatoms. The van der Waals surface area contributed by atoms with Crippen molar-refractivity contribution in [2.24, 2.45) is 22.4 Å². The highest BCUT2D eigenvalue weighted by Gasteiger charge is 2.41. The minimum absolute atomic E-state index is 0.0274. The number of nitrogens with zero attached hydrogens (tertiary/aromatic N) is 1. The van der Waals surface area contributed by atoms with Gasteiger partial charge in [0.15, 0.2) is 12.1 Å². The molecule has 2 aromatic rings. The number of rotatable bonds is 16. The van der Waals surface area contributed by atoms with Gasteiger partial charge in [0.25, 0.3) is 0 Å². The Bertz CT molecular complexity index is 1210. The lowest BCUT2D eigenvalue weighted by atomic mass is 10.1. The van der Waals surface area contributed by atoms with Crippen molar-refractivity contribution in [2.75, 3.05) is 6.54 Å². The van der Waals surface area contributed by atoms with Gasteiger partial charge < -0.3 is 36.8 Å². The Kier molecular flexibility index (Phi) is 13.3. The Morgan fingerprint density at radius 3 is 2.10 bits per heavy atom. The average molecular weight is 592 g/mol. The SMILES string of the molecule is CC(C)C(NC(=O)C(Cc1ccccc1)NC(=O)OCc1ccccc1)P(=O)(O)OC(CCCN=C(N)N)C(=O)O. The van der Waals surface area contributed by atoms with Crippen molar-refractivity contribution in [1.29, 1.82) is 0 Å². The highest BCUT2D eigenvalue weighted by Crippen LogP contribution is 2.50. The van der Waals surface area contributed by atoms with Gasteiger partial charge in [-0.15, -0.1) is 0 Å². The largest absolute Gasteiger partial charge is 0.479 e. The fourth-order valence-corrected chi connectivity index (χ4v) is 5.53. The van der Waals surface area contributed by atoms with Crippen LogP contribution < -0.4 is 22.1 Å². The number of alkyl carbamates (subject to hydrolysis) is 1. The molecule has 0 saturated heterocycles. The van der Waals surface area contributed by atoms with Gasteiger partial charge in [-0.25, -0.2) is 9.59 Å². The van der Waals surface area contributed by atoms with E-state index in [-0.39, 0.29) is 38.4 Å². The maximum absolute atomic E-state index is 13.4. The minimum Gasteiger partial charge on any atom is -0.479 e. The Morgan fingerprint density at radius 2 is 1.56 bits per heavy atom. The summed E-state index contributed by atoms with van der Waals surface area (Å²) < 4.78 is 23.7. The molecule has 0 radical (unpaired) electrons. The number of carbonyl (C=O) groups excluding carboxylic acids is 2. The zero-order chi connectivity index (χ0) is 30.4. The van der Waals surface area contributed by atoms with Crippen molar-refractivity contribution in [1.82, 2.24) is 10.6 Å². The number of carbonyl (C=O) groups is 3. The second kappa shape index (κ2) is 16.4. The van der Waals surface area contributed by atoms with E-state index in [1.54, 1.807) is 68.4 Å². The molecule has 0 aromatic heterocycles. The number of nitrogens with one attached hydrogen (secondary N) is 2. The molecule has 0 fully saturated rings. The molecule has 4 unspecified atom stereocenters. The second-order valence-electron chi connectivity index (χ2n) is 9.59. The lowest BCUT2D eigenvalue weighted by Gasteiger charge is -2.30. The summed E-state index contributed by atoms with van der Waals surface area (Å²) in [7, 11) is -4.74. The van der Waals surface area contributed by atoms with Crippen LogP contribution in [0, 0.1) is 5.92 Å². The van der Waals surface area contributed by atoms with Crippen LogP contribution in [0.25, 0.3) is 0 Å². The zero-order valence-electron chi connectivity index (χ0n) is 23.0. The van der Waals surface area contributed by atoms with Crippen LogP contribution in [0.15, 0.2) is 65.7 Å². The van der Waals surface area contributed by atoms with Gasteiger partial charge in [-0.3, -0.25) is 18.9 Å². The summed E-state index contributed by atoms with van der Waals surface area (Å²) in [6.07, 6.45) is -2.44. The standard InChI is InChI=1S/C27H38N5O8P/c1-18(2)24(41(37,38)40-22(25(34)35)14-9-15-30-26(28)29)32-23(33)21(16-19-10-5-3-6-11-19)31-27(36)39-17-20-12-7-4-8-13-20/h3-8,10-13,18,21-22,24H,9,14-17H2,1-2H3,(H,31,36)(H,32,33)(H,34,35)(H,37,38)(H4,28,29,30). The molecule has 2 amide bonds. The van der Waals surface area contributed by atoms with Crippen molar-refractivity contribution in [3.63, 3.8) is 0 Å². The minimum atomic E-state index is -4.74. The number of ether oxygens (including phenoxy) is 1. The van der Waals surface area contributed by atoms with E-state index in [9.17, 15) is 28.9 Å². The van der Waals surface area contributed by atoms with Gasteiger partial charge in [0.2, 0.25) is 5.91 Å². The van der Waals surface area contributed by atoms with E-state index >= 15 is 0 Å². The average Bonchev–Trinajstić information content (AvgIpc) is 2.92. The highest BCUT2D eigenvalue weighted by atomic mass is 31.2. The first-order chi connectivity index (χ1) is 19.4. The molecule has 0 spiro atoms. The number of benzene rings is 2. The monoisotopic (exact) mass is 591 g/mol. The predicted molar refractivity (Wildman–Crippen MR) is 153 cm³/mol. The summed E-state index contributed by atoms with van der Waals surface area (Å²) in [5, 5.41) is 14.5. The quantitative estimate of drug-likeness (QED) is 0.0725. The summed E-state index contributed by atoms with van der Waals surface area (Å²) in [6, 6.07) is 16.6. The third-order valence-electron chi connectivity index (χ3n) is 5.85. The van der Waals surface area contributed by atoms with Crippen molar-refractivity contribution in [3.8, 4) is 0 Å². The first-order valence-electron chi connectivity index (χ1n) is 13.0. The van der Waals surface area contributed by atoms with Gasteiger partial charge in [-0.2, -0.15) is 0 Å². The van der Waals surface area contributed by atoms with Crippen LogP contribution >= 0.6 is 7.60 Å². The Balaban J connectivity index is 2.16. The van der Waals surface area contributed by atoms with Crippen LogP contribution in [-0.2, 0) is 36.4 Å². The van der Waals surface area contributed by atoms with E-state index in [4.69, 9.17) is 20.7 Å². The summed E-state index contributed by atoms with van der Waals surface area (Å²) in [5.41, 5.74) is 12.0. The van der Waals surface area contributed by atoms with Crippen molar-refractivity contribution >= 4 is 31.5 Å². The number of guanidine groups is 1. The smallest absolute Gasteiger partial charge is 0.408 e. The summed E-state index contributed by atoms with van der Waals surface area (Å²) in [6.45, 7) is 3.21. The van der Waals surface area contributed by atoms with E-state index in [0.29, 0.717) is 5.56 Å². The van der Waals surface area contributed by atoms with Gasteiger partial charge in [-0.05, 0) is 29.9 Å². The molecule has 0 saturated carbocycles. The van der Waals surface area contributed by atoms with Gasteiger partial charge in [0, 0.05) is 13.0 Å². The van der Waals surface area contributed by atoms with E-state index in [0.717, 1.165) is 5.56 Å². The molecule has 8 N–H and O–H groups in total. The van der Waals surface area contributed by atoms with Crippen molar-refractivity contribution in [3.05, 3.63) is 71.8 Å². The molecule has 13 nitrogen and oxygen atoms in total. The number of nitrogens with two attached hydrogens (primary N) is 2. The second-order valence-corrected chi connectivity index (χ2v) is 11.5. The Hall–Kier alpha value is -3.93. The van der Waals surface area contributed by atoms with E-state index in [2.05, 4.69) is 15.6 Å². The number of carboxylic acids is 1. The predicted octanol–water partition coefficient (Wildman–Crippen LogP) is 2.33. The molecular formula is C27H38N5O8P.